The number of aryl methyl sites for hydroxylation is 1. The molecule has 8 nitrogen and oxygen atoms in total. The van der Waals surface area contributed by atoms with Gasteiger partial charge in [-0.3, -0.25) is 19.1 Å². The number of imidazole rings is 1. The predicted molar refractivity (Wildman–Crippen MR) is 86.9 cm³/mol. The highest BCUT2D eigenvalue weighted by molar-refractivity contribution is 5.92. The van der Waals surface area contributed by atoms with E-state index in [0.29, 0.717) is 11.5 Å². The first-order valence-electron chi connectivity index (χ1n) is 7.43. The largest absolute Gasteiger partial charge is 0.349 e. The lowest BCUT2D eigenvalue weighted by molar-refractivity contribution is 0.0947. The van der Waals surface area contributed by atoms with Crippen LogP contribution >= 0.6 is 0 Å². The smallest absolute Gasteiger partial charge is 0.269 e. The number of rotatable bonds is 5. The molecule has 0 radical (unpaired) electrons. The highest BCUT2D eigenvalue weighted by Crippen LogP contribution is 2.04. The molecule has 0 saturated carbocycles. The van der Waals surface area contributed by atoms with Gasteiger partial charge in [-0.1, -0.05) is 6.07 Å². The van der Waals surface area contributed by atoms with Crippen LogP contribution in [0.3, 0.4) is 0 Å². The summed E-state index contributed by atoms with van der Waals surface area (Å²) in [5.74, 6) is 1.09. The maximum Gasteiger partial charge on any atom is 0.269 e. The molecule has 24 heavy (non-hydrogen) atoms. The van der Waals surface area contributed by atoms with Crippen LogP contribution in [0.15, 0.2) is 53.7 Å². The molecule has 1 amide bonds. The van der Waals surface area contributed by atoms with Crippen molar-refractivity contribution in [2.24, 2.45) is 0 Å². The Hall–Kier alpha value is -3.29. The van der Waals surface area contributed by atoms with Crippen LogP contribution in [-0.2, 0) is 6.54 Å². The molecule has 0 aliphatic heterocycles. The molecule has 3 aromatic rings. The third-order valence-corrected chi connectivity index (χ3v) is 3.43. The number of carbonyl (C=O) groups is 1. The minimum Gasteiger partial charge on any atom is -0.349 e. The second-order valence-corrected chi connectivity index (χ2v) is 5.07. The van der Waals surface area contributed by atoms with Crippen molar-refractivity contribution in [3.8, 4) is 5.82 Å². The number of aromatic nitrogens is 5. The molecule has 3 rings (SSSR count). The molecule has 122 valence electrons. The lowest BCUT2D eigenvalue weighted by Crippen LogP contribution is -2.32. The van der Waals surface area contributed by atoms with Gasteiger partial charge in [-0.2, -0.15) is 5.10 Å². The average molecular weight is 324 g/mol. The molecule has 0 fully saturated rings. The van der Waals surface area contributed by atoms with Crippen molar-refractivity contribution >= 4 is 5.91 Å². The zero-order chi connectivity index (χ0) is 16.9. The number of pyridine rings is 1. The van der Waals surface area contributed by atoms with Crippen LogP contribution in [0.5, 0.6) is 0 Å². The molecular formula is C16H16N6O2. The first kappa shape index (κ1) is 15.6. The lowest BCUT2D eigenvalue weighted by atomic mass is 10.3. The number of nitrogens with one attached hydrogen (secondary N) is 1. The SMILES string of the molecule is Cc1nccn1-c1ccc(=O)n(CCNC(=O)c2ccccn2)n1. The maximum absolute atomic E-state index is 11.9. The van der Waals surface area contributed by atoms with E-state index in [1.807, 2.05) is 6.92 Å². The van der Waals surface area contributed by atoms with E-state index in [1.54, 1.807) is 47.4 Å². The van der Waals surface area contributed by atoms with Crippen LogP contribution in [0.25, 0.3) is 5.82 Å². The average Bonchev–Trinajstić information content (AvgIpc) is 3.03. The Morgan fingerprint density at radius 2 is 2.04 bits per heavy atom. The zero-order valence-corrected chi connectivity index (χ0v) is 13.1. The van der Waals surface area contributed by atoms with E-state index >= 15 is 0 Å². The van der Waals surface area contributed by atoms with Crippen LogP contribution in [0.4, 0.5) is 0 Å². The monoisotopic (exact) mass is 324 g/mol. The minimum atomic E-state index is -0.287. The Kier molecular flexibility index (Phi) is 4.46. The fourth-order valence-electron chi connectivity index (χ4n) is 2.21. The van der Waals surface area contributed by atoms with Gasteiger partial charge >= 0.3 is 0 Å². The quantitative estimate of drug-likeness (QED) is 0.740. The normalized spacial score (nSPS) is 10.5. The highest BCUT2D eigenvalue weighted by atomic mass is 16.2. The van der Waals surface area contributed by atoms with Crippen molar-refractivity contribution in [1.82, 2.24) is 29.6 Å². The molecule has 0 saturated heterocycles. The van der Waals surface area contributed by atoms with Gasteiger partial charge in [-0.25, -0.2) is 9.67 Å². The fraction of sp³-hybridized carbons (Fsp3) is 0.188. The number of nitrogens with zero attached hydrogens (tertiary/aromatic N) is 5. The fourth-order valence-corrected chi connectivity index (χ4v) is 2.21. The van der Waals surface area contributed by atoms with Crippen molar-refractivity contribution < 1.29 is 4.79 Å². The molecule has 0 spiro atoms. The Balaban J connectivity index is 1.68. The summed E-state index contributed by atoms with van der Waals surface area (Å²) in [6, 6.07) is 8.19. The topological polar surface area (TPSA) is 94.7 Å². The van der Waals surface area contributed by atoms with Crippen molar-refractivity contribution in [1.29, 1.82) is 0 Å². The van der Waals surface area contributed by atoms with E-state index in [-0.39, 0.29) is 24.6 Å². The van der Waals surface area contributed by atoms with Gasteiger partial charge in [0.1, 0.15) is 11.5 Å². The molecule has 3 heterocycles. The molecule has 0 aliphatic rings. The van der Waals surface area contributed by atoms with E-state index in [2.05, 4.69) is 20.4 Å². The number of hydrogen-bond acceptors (Lipinski definition) is 5. The summed E-state index contributed by atoms with van der Waals surface area (Å²) in [4.78, 5) is 32.0. The maximum atomic E-state index is 11.9. The van der Waals surface area contributed by atoms with E-state index in [4.69, 9.17) is 0 Å². The second kappa shape index (κ2) is 6.86. The summed E-state index contributed by atoms with van der Waals surface area (Å²) in [5.41, 5.74) is 0.101. The van der Waals surface area contributed by atoms with Gasteiger partial charge in [0, 0.05) is 31.2 Å². The summed E-state index contributed by atoms with van der Waals surface area (Å²) in [6.07, 6.45) is 4.99. The minimum absolute atomic E-state index is 0.233. The van der Waals surface area contributed by atoms with Crippen LogP contribution in [-0.4, -0.2) is 36.8 Å². The van der Waals surface area contributed by atoms with Crippen LogP contribution in [0.1, 0.15) is 16.3 Å². The first-order valence-corrected chi connectivity index (χ1v) is 7.43. The molecule has 3 aromatic heterocycles. The Morgan fingerprint density at radius 3 is 2.75 bits per heavy atom. The van der Waals surface area contributed by atoms with Gasteiger partial charge in [0.2, 0.25) is 0 Å². The van der Waals surface area contributed by atoms with Gasteiger partial charge < -0.3 is 5.32 Å². The van der Waals surface area contributed by atoms with E-state index in [1.165, 1.54) is 10.7 Å². The third kappa shape index (κ3) is 3.37. The number of amides is 1. The molecule has 0 aliphatic carbocycles. The van der Waals surface area contributed by atoms with E-state index < -0.39 is 0 Å². The van der Waals surface area contributed by atoms with Crippen LogP contribution in [0.2, 0.25) is 0 Å². The van der Waals surface area contributed by atoms with Gasteiger partial charge in [0.15, 0.2) is 5.82 Å². The Labute approximate surface area is 137 Å². The van der Waals surface area contributed by atoms with Crippen molar-refractivity contribution in [2.45, 2.75) is 13.5 Å². The van der Waals surface area contributed by atoms with Gasteiger partial charge in [-0.05, 0) is 25.1 Å². The number of hydrogen-bond donors (Lipinski definition) is 1. The van der Waals surface area contributed by atoms with Gasteiger partial charge in [0.05, 0.1) is 6.54 Å². The second-order valence-electron chi connectivity index (χ2n) is 5.07. The molecule has 0 atom stereocenters. The van der Waals surface area contributed by atoms with Crippen molar-refractivity contribution in [3.63, 3.8) is 0 Å². The molecule has 8 heteroatoms. The zero-order valence-electron chi connectivity index (χ0n) is 13.1. The highest BCUT2D eigenvalue weighted by Gasteiger charge is 2.07. The summed E-state index contributed by atoms with van der Waals surface area (Å²) < 4.78 is 3.09. The molecule has 0 bridgehead atoms. The number of carbonyl (C=O) groups excluding carboxylic acids is 1. The third-order valence-electron chi connectivity index (χ3n) is 3.43. The molecule has 0 unspecified atom stereocenters. The van der Waals surface area contributed by atoms with Crippen molar-refractivity contribution in [2.75, 3.05) is 6.54 Å². The van der Waals surface area contributed by atoms with Crippen molar-refractivity contribution in [3.05, 3.63) is 70.8 Å². The summed E-state index contributed by atoms with van der Waals surface area (Å²) in [6.45, 7) is 2.39. The van der Waals surface area contributed by atoms with Crippen LogP contribution in [0, 0.1) is 6.92 Å². The lowest BCUT2D eigenvalue weighted by Gasteiger charge is -2.09. The summed E-state index contributed by atoms with van der Waals surface area (Å²) >= 11 is 0. The molecule has 0 aromatic carbocycles. The van der Waals surface area contributed by atoms with E-state index in [9.17, 15) is 9.59 Å². The van der Waals surface area contributed by atoms with Gasteiger partial charge in [-0.15, -0.1) is 0 Å². The van der Waals surface area contributed by atoms with Gasteiger partial charge in [0.25, 0.3) is 11.5 Å². The Bertz CT molecular complexity index is 900. The molecular weight excluding hydrogens is 308 g/mol. The summed E-state index contributed by atoms with van der Waals surface area (Å²) in [7, 11) is 0. The standard InChI is InChI=1S/C16H16N6O2/c1-12-17-8-10-21(12)14-5-6-15(23)22(20-14)11-9-19-16(24)13-4-2-3-7-18-13/h2-8,10H,9,11H2,1H3,(H,19,24). The van der Waals surface area contributed by atoms with E-state index in [0.717, 1.165) is 5.82 Å². The summed E-state index contributed by atoms with van der Waals surface area (Å²) in [5, 5.41) is 7.03. The Morgan fingerprint density at radius 1 is 1.17 bits per heavy atom. The first-order chi connectivity index (χ1) is 11.6. The van der Waals surface area contributed by atoms with Crippen LogP contribution < -0.4 is 10.9 Å². The molecule has 1 N–H and O–H groups in total. The predicted octanol–water partition coefficient (Wildman–Crippen LogP) is 0.562.